The van der Waals surface area contributed by atoms with Gasteiger partial charge in [0.25, 0.3) is 5.56 Å². The summed E-state index contributed by atoms with van der Waals surface area (Å²) in [4.78, 5) is 12.2. The Balaban J connectivity index is 1.87. The maximum absolute atomic E-state index is 13.9. The molecule has 0 amide bonds. The third kappa shape index (κ3) is 3.78. The number of hydrogen-bond donors (Lipinski definition) is 0. The predicted octanol–water partition coefficient (Wildman–Crippen LogP) is 1.65. The van der Waals surface area contributed by atoms with Crippen molar-refractivity contribution in [3.8, 4) is 17.0 Å². The van der Waals surface area contributed by atoms with Gasteiger partial charge in [0.1, 0.15) is 0 Å². The van der Waals surface area contributed by atoms with Crippen molar-refractivity contribution in [3.05, 3.63) is 46.5 Å². The maximum atomic E-state index is 13.9. The fourth-order valence-corrected chi connectivity index (χ4v) is 3.96. The number of piperidine rings is 1. The number of rotatable bonds is 4. The van der Waals surface area contributed by atoms with Crippen molar-refractivity contribution in [1.82, 2.24) is 14.1 Å². The van der Waals surface area contributed by atoms with E-state index in [-0.39, 0.29) is 17.4 Å². The Morgan fingerprint density at radius 3 is 2.46 bits per heavy atom. The summed E-state index contributed by atoms with van der Waals surface area (Å²) in [6, 6.07) is 7.24. The standard InChI is InChI=1S/C17H20FN3O4S/c1-25-16-5-3-12(11-14(16)18)15-4-6-17(22)21(19-15)13-7-9-20(10-8-13)26(2,23)24/h3-6,11,13H,7-10H2,1-2H3. The monoisotopic (exact) mass is 381 g/mol. The molecule has 0 atom stereocenters. The minimum absolute atomic E-state index is 0.134. The zero-order valence-corrected chi connectivity index (χ0v) is 15.4. The maximum Gasteiger partial charge on any atom is 0.267 e. The molecule has 1 aromatic heterocycles. The largest absolute Gasteiger partial charge is 0.494 e. The van der Waals surface area contributed by atoms with Crippen LogP contribution in [0.25, 0.3) is 11.3 Å². The Labute approximate surface area is 151 Å². The van der Waals surface area contributed by atoms with Gasteiger partial charge in [0.15, 0.2) is 11.6 Å². The Bertz CT molecular complexity index is 966. The van der Waals surface area contributed by atoms with Crippen molar-refractivity contribution in [1.29, 1.82) is 0 Å². The van der Waals surface area contributed by atoms with E-state index < -0.39 is 15.8 Å². The lowest BCUT2D eigenvalue weighted by molar-refractivity contribution is 0.256. The van der Waals surface area contributed by atoms with Crippen LogP contribution in [0.5, 0.6) is 5.75 Å². The minimum Gasteiger partial charge on any atom is -0.494 e. The van der Waals surface area contributed by atoms with Crippen LogP contribution in [0.2, 0.25) is 0 Å². The van der Waals surface area contributed by atoms with Gasteiger partial charge in [-0.15, -0.1) is 0 Å². The van der Waals surface area contributed by atoms with Gasteiger partial charge >= 0.3 is 0 Å². The number of sulfonamides is 1. The first-order valence-corrected chi connectivity index (χ1v) is 10.0. The van der Waals surface area contributed by atoms with Crippen LogP contribution < -0.4 is 10.3 Å². The molecular formula is C17H20FN3O4S. The van der Waals surface area contributed by atoms with E-state index in [1.807, 2.05) is 0 Å². The molecule has 1 fully saturated rings. The summed E-state index contributed by atoms with van der Waals surface area (Å²) in [5, 5.41) is 4.38. The second-order valence-corrected chi connectivity index (χ2v) is 8.23. The molecule has 0 radical (unpaired) electrons. The van der Waals surface area contributed by atoms with Crippen LogP contribution in [0.3, 0.4) is 0 Å². The van der Waals surface area contributed by atoms with E-state index in [2.05, 4.69) is 5.10 Å². The Morgan fingerprint density at radius 2 is 1.88 bits per heavy atom. The van der Waals surface area contributed by atoms with E-state index in [1.165, 1.54) is 40.6 Å². The van der Waals surface area contributed by atoms with Crippen molar-refractivity contribution >= 4 is 10.0 Å². The van der Waals surface area contributed by atoms with Crippen molar-refractivity contribution in [2.75, 3.05) is 26.5 Å². The summed E-state index contributed by atoms with van der Waals surface area (Å²) in [6.07, 6.45) is 2.18. The molecule has 1 aliphatic rings. The summed E-state index contributed by atoms with van der Waals surface area (Å²) in [5.74, 6) is -0.374. The molecule has 0 spiro atoms. The van der Waals surface area contributed by atoms with Gasteiger partial charge in [0, 0.05) is 24.7 Å². The fourth-order valence-electron chi connectivity index (χ4n) is 3.08. The molecular weight excluding hydrogens is 361 g/mol. The van der Waals surface area contributed by atoms with Gasteiger partial charge in [-0.3, -0.25) is 4.79 Å². The third-order valence-electron chi connectivity index (χ3n) is 4.51. The van der Waals surface area contributed by atoms with Crippen LogP contribution >= 0.6 is 0 Å². The van der Waals surface area contributed by atoms with E-state index in [1.54, 1.807) is 12.1 Å². The van der Waals surface area contributed by atoms with Gasteiger partial charge in [-0.1, -0.05) is 0 Å². The molecule has 26 heavy (non-hydrogen) atoms. The average molecular weight is 381 g/mol. The lowest BCUT2D eigenvalue weighted by Crippen LogP contribution is -2.40. The molecule has 140 valence electrons. The van der Waals surface area contributed by atoms with Gasteiger partial charge in [0.2, 0.25) is 10.0 Å². The molecule has 1 aromatic carbocycles. The average Bonchev–Trinajstić information content (AvgIpc) is 2.61. The van der Waals surface area contributed by atoms with Gasteiger partial charge in [0.05, 0.1) is 25.1 Å². The number of methoxy groups -OCH3 is 1. The third-order valence-corrected chi connectivity index (χ3v) is 5.81. The van der Waals surface area contributed by atoms with E-state index in [0.29, 0.717) is 37.2 Å². The SMILES string of the molecule is COc1ccc(-c2ccc(=O)n(C3CCN(S(C)(=O)=O)CC3)n2)cc1F. The van der Waals surface area contributed by atoms with Crippen molar-refractivity contribution in [3.63, 3.8) is 0 Å². The highest BCUT2D eigenvalue weighted by Crippen LogP contribution is 2.26. The normalized spacial score (nSPS) is 16.6. The number of ether oxygens (including phenoxy) is 1. The van der Waals surface area contributed by atoms with Crippen LogP contribution in [-0.2, 0) is 10.0 Å². The molecule has 1 saturated heterocycles. The molecule has 0 unspecified atom stereocenters. The first kappa shape index (κ1) is 18.5. The Morgan fingerprint density at radius 1 is 1.19 bits per heavy atom. The van der Waals surface area contributed by atoms with Gasteiger partial charge < -0.3 is 4.74 Å². The van der Waals surface area contributed by atoms with Crippen LogP contribution in [0.1, 0.15) is 18.9 Å². The second-order valence-electron chi connectivity index (χ2n) is 6.24. The Hall–Kier alpha value is -2.26. The van der Waals surface area contributed by atoms with Crippen LogP contribution in [-0.4, -0.2) is 49.0 Å². The molecule has 2 aromatic rings. The summed E-state index contributed by atoms with van der Waals surface area (Å²) < 4.78 is 44.9. The number of benzene rings is 1. The second kappa shape index (κ2) is 7.16. The highest BCUT2D eigenvalue weighted by Gasteiger charge is 2.27. The van der Waals surface area contributed by atoms with E-state index in [4.69, 9.17) is 4.74 Å². The minimum atomic E-state index is -3.23. The van der Waals surface area contributed by atoms with Crippen molar-refractivity contribution in [2.24, 2.45) is 0 Å². The lowest BCUT2D eigenvalue weighted by atomic mass is 10.1. The highest BCUT2D eigenvalue weighted by atomic mass is 32.2. The predicted molar refractivity (Wildman–Crippen MR) is 95.1 cm³/mol. The molecule has 9 heteroatoms. The number of aromatic nitrogens is 2. The van der Waals surface area contributed by atoms with Crippen LogP contribution in [0.15, 0.2) is 35.1 Å². The molecule has 0 bridgehead atoms. The number of nitrogens with zero attached hydrogens (tertiary/aromatic N) is 3. The summed E-state index contributed by atoms with van der Waals surface area (Å²) in [6.45, 7) is 0.692. The zero-order valence-electron chi connectivity index (χ0n) is 14.6. The number of halogens is 1. The molecule has 1 aliphatic heterocycles. The summed E-state index contributed by atoms with van der Waals surface area (Å²) in [7, 11) is -1.84. The first-order valence-electron chi connectivity index (χ1n) is 8.18. The fraction of sp³-hybridized carbons (Fsp3) is 0.412. The quantitative estimate of drug-likeness (QED) is 0.804. The molecule has 7 nitrogen and oxygen atoms in total. The lowest BCUT2D eigenvalue weighted by Gasteiger charge is -2.30. The van der Waals surface area contributed by atoms with E-state index >= 15 is 0 Å². The highest BCUT2D eigenvalue weighted by molar-refractivity contribution is 7.88. The molecule has 0 N–H and O–H groups in total. The van der Waals surface area contributed by atoms with Crippen molar-refractivity contribution in [2.45, 2.75) is 18.9 Å². The van der Waals surface area contributed by atoms with Gasteiger partial charge in [-0.05, 0) is 37.1 Å². The first-order chi connectivity index (χ1) is 12.3. The van der Waals surface area contributed by atoms with Crippen LogP contribution in [0, 0.1) is 5.82 Å². The van der Waals surface area contributed by atoms with E-state index in [0.717, 1.165) is 0 Å². The summed E-state index contributed by atoms with van der Waals surface area (Å²) >= 11 is 0. The molecule has 3 rings (SSSR count). The summed E-state index contributed by atoms with van der Waals surface area (Å²) in [5.41, 5.74) is 0.739. The van der Waals surface area contributed by atoms with Gasteiger partial charge in [-0.25, -0.2) is 21.8 Å². The molecule has 2 heterocycles. The molecule has 0 saturated carbocycles. The van der Waals surface area contributed by atoms with E-state index in [9.17, 15) is 17.6 Å². The van der Waals surface area contributed by atoms with Crippen LogP contribution in [0.4, 0.5) is 4.39 Å². The number of hydrogen-bond acceptors (Lipinski definition) is 5. The molecule has 0 aliphatic carbocycles. The Kier molecular flexibility index (Phi) is 5.10. The van der Waals surface area contributed by atoms with Crippen molar-refractivity contribution < 1.29 is 17.5 Å². The zero-order chi connectivity index (χ0) is 18.9. The van der Waals surface area contributed by atoms with Gasteiger partial charge in [-0.2, -0.15) is 5.10 Å². The topological polar surface area (TPSA) is 81.5 Å². The smallest absolute Gasteiger partial charge is 0.267 e.